The summed E-state index contributed by atoms with van der Waals surface area (Å²) in [6.07, 6.45) is 8.33. The van der Waals surface area contributed by atoms with Gasteiger partial charge in [-0.15, -0.1) is 0 Å². The minimum absolute atomic E-state index is 0.502. The van der Waals surface area contributed by atoms with Gasteiger partial charge >= 0.3 is 0 Å². The van der Waals surface area contributed by atoms with Crippen LogP contribution in [0.15, 0.2) is 0 Å². The number of rotatable bonds is 7. The Morgan fingerprint density at radius 1 is 1.25 bits per heavy atom. The van der Waals surface area contributed by atoms with Gasteiger partial charge in [0.2, 0.25) is 0 Å². The van der Waals surface area contributed by atoms with E-state index in [1.807, 2.05) is 0 Å². The fourth-order valence-corrected chi connectivity index (χ4v) is 2.85. The van der Waals surface area contributed by atoms with Crippen molar-refractivity contribution in [2.24, 2.45) is 5.92 Å². The maximum Gasteiger partial charge on any atom is 0.0616 e. The van der Waals surface area contributed by atoms with Crippen molar-refractivity contribution in [3.63, 3.8) is 0 Å². The molecule has 0 aromatic carbocycles. The Balaban J connectivity index is 2.30. The molecule has 1 saturated carbocycles. The first kappa shape index (κ1) is 14.0. The van der Waals surface area contributed by atoms with Crippen LogP contribution in [0.25, 0.3) is 0 Å². The van der Waals surface area contributed by atoms with Crippen LogP contribution in [0.4, 0.5) is 0 Å². The fourth-order valence-electron chi connectivity index (χ4n) is 2.85. The fraction of sp³-hybridized carbons (Fsp3) is 1.00. The summed E-state index contributed by atoms with van der Waals surface area (Å²) in [6, 6.07) is 1.24. The van der Waals surface area contributed by atoms with Gasteiger partial charge in [-0.3, -0.25) is 0 Å². The minimum atomic E-state index is 0.502. The third kappa shape index (κ3) is 4.84. The molecule has 1 N–H and O–H groups in total. The van der Waals surface area contributed by atoms with Crippen LogP contribution in [0.1, 0.15) is 59.3 Å². The van der Waals surface area contributed by atoms with Crippen molar-refractivity contribution in [1.29, 1.82) is 0 Å². The topological polar surface area (TPSA) is 21.3 Å². The molecule has 0 radical (unpaired) electrons. The molecule has 1 aliphatic carbocycles. The molecule has 0 amide bonds. The van der Waals surface area contributed by atoms with Crippen molar-refractivity contribution >= 4 is 0 Å². The largest absolute Gasteiger partial charge is 0.380 e. The summed E-state index contributed by atoms with van der Waals surface area (Å²) >= 11 is 0. The monoisotopic (exact) mass is 227 g/mol. The van der Waals surface area contributed by atoms with Gasteiger partial charge in [-0.2, -0.15) is 0 Å². The molecule has 1 fully saturated rings. The molecule has 2 nitrogen and oxygen atoms in total. The molecule has 0 aromatic rings. The normalized spacial score (nSPS) is 27.9. The second-order valence-corrected chi connectivity index (χ2v) is 5.17. The van der Waals surface area contributed by atoms with Gasteiger partial charge in [0.15, 0.2) is 0 Å². The highest BCUT2D eigenvalue weighted by molar-refractivity contribution is 4.82. The molecule has 0 bridgehead atoms. The zero-order valence-electron chi connectivity index (χ0n) is 11.3. The Labute approximate surface area is 101 Å². The highest BCUT2D eigenvalue weighted by Gasteiger charge is 2.25. The second-order valence-electron chi connectivity index (χ2n) is 5.17. The third-order valence-electron chi connectivity index (χ3n) is 3.64. The van der Waals surface area contributed by atoms with Gasteiger partial charge in [0, 0.05) is 18.7 Å². The van der Waals surface area contributed by atoms with Gasteiger partial charge < -0.3 is 10.1 Å². The molecule has 2 heteroatoms. The van der Waals surface area contributed by atoms with Crippen molar-refractivity contribution in [3.8, 4) is 0 Å². The van der Waals surface area contributed by atoms with E-state index in [0.29, 0.717) is 6.04 Å². The van der Waals surface area contributed by atoms with E-state index in [9.17, 15) is 0 Å². The quantitative estimate of drug-likeness (QED) is 0.720. The van der Waals surface area contributed by atoms with Crippen molar-refractivity contribution < 1.29 is 4.74 Å². The predicted molar refractivity (Wildman–Crippen MR) is 69.7 cm³/mol. The van der Waals surface area contributed by atoms with Crippen molar-refractivity contribution in [2.75, 3.05) is 13.2 Å². The first-order valence-electron chi connectivity index (χ1n) is 7.11. The standard InChI is InChI=1S/C14H29NO/c1-4-8-13-9-6-7-10-14(13)15-12(3)11-16-5-2/h12-15H,4-11H2,1-3H3. The first-order valence-corrected chi connectivity index (χ1v) is 7.11. The molecule has 0 heterocycles. The molecule has 1 aliphatic rings. The lowest BCUT2D eigenvalue weighted by Gasteiger charge is -2.34. The Bertz CT molecular complexity index is 170. The molecule has 16 heavy (non-hydrogen) atoms. The summed E-state index contributed by atoms with van der Waals surface area (Å²) < 4.78 is 5.47. The maximum absolute atomic E-state index is 5.47. The van der Waals surface area contributed by atoms with Crippen LogP contribution in [0.5, 0.6) is 0 Å². The average Bonchev–Trinajstić information content (AvgIpc) is 2.29. The van der Waals surface area contributed by atoms with Gasteiger partial charge in [0.25, 0.3) is 0 Å². The molecule has 0 saturated heterocycles. The number of hydrogen-bond acceptors (Lipinski definition) is 2. The average molecular weight is 227 g/mol. The van der Waals surface area contributed by atoms with E-state index < -0.39 is 0 Å². The number of hydrogen-bond donors (Lipinski definition) is 1. The number of nitrogens with one attached hydrogen (secondary N) is 1. The van der Waals surface area contributed by atoms with E-state index in [1.165, 1.54) is 38.5 Å². The van der Waals surface area contributed by atoms with Crippen LogP contribution in [-0.4, -0.2) is 25.3 Å². The van der Waals surface area contributed by atoms with E-state index in [2.05, 4.69) is 26.1 Å². The Hall–Kier alpha value is -0.0800. The van der Waals surface area contributed by atoms with Crippen molar-refractivity contribution in [2.45, 2.75) is 71.4 Å². The van der Waals surface area contributed by atoms with Crippen LogP contribution in [0, 0.1) is 5.92 Å². The van der Waals surface area contributed by atoms with Gasteiger partial charge in [-0.1, -0.05) is 26.2 Å². The summed E-state index contributed by atoms with van der Waals surface area (Å²) in [6.45, 7) is 8.29. The van der Waals surface area contributed by atoms with E-state index in [4.69, 9.17) is 4.74 Å². The molecule has 96 valence electrons. The van der Waals surface area contributed by atoms with Crippen molar-refractivity contribution in [3.05, 3.63) is 0 Å². The van der Waals surface area contributed by atoms with Crippen LogP contribution >= 0.6 is 0 Å². The highest BCUT2D eigenvalue weighted by Crippen LogP contribution is 2.28. The summed E-state index contributed by atoms with van der Waals surface area (Å²) in [5, 5.41) is 3.76. The minimum Gasteiger partial charge on any atom is -0.380 e. The van der Waals surface area contributed by atoms with E-state index in [-0.39, 0.29) is 0 Å². The van der Waals surface area contributed by atoms with Crippen molar-refractivity contribution in [1.82, 2.24) is 5.32 Å². The zero-order chi connectivity index (χ0) is 11.8. The molecule has 1 rings (SSSR count). The molecule has 3 atom stereocenters. The maximum atomic E-state index is 5.47. The molecule has 0 aliphatic heterocycles. The molecule has 3 unspecified atom stereocenters. The van der Waals surface area contributed by atoms with E-state index in [0.717, 1.165) is 25.2 Å². The predicted octanol–water partition coefficient (Wildman–Crippen LogP) is 3.36. The van der Waals surface area contributed by atoms with Gasteiger partial charge in [0.05, 0.1) is 6.61 Å². The van der Waals surface area contributed by atoms with Crippen LogP contribution in [-0.2, 0) is 4.74 Å². The Morgan fingerprint density at radius 2 is 2.00 bits per heavy atom. The van der Waals surface area contributed by atoms with Gasteiger partial charge in [-0.05, 0) is 39.0 Å². The molecular formula is C14H29NO. The molecule has 0 aromatic heterocycles. The lowest BCUT2D eigenvalue weighted by molar-refractivity contribution is 0.113. The van der Waals surface area contributed by atoms with Gasteiger partial charge in [0.1, 0.15) is 0 Å². The molecule has 0 spiro atoms. The Kier molecular flexibility index (Phi) is 7.06. The smallest absolute Gasteiger partial charge is 0.0616 e. The SMILES string of the molecule is CCCC1CCCCC1NC(C)COCC. The summed E-state index contributed by atoms with van der Waals surface area (Å²) in [4.78, 5) is 0. The van der Waals surface area contributed by atoms with E-state index in [1.54, 1.807) is 0 Å². The summed E-state index contributed by atoms with van der Waals surface area (Å²) in [5.41, 5.74) is 0. The summed E-state index contributed by atoms with van der Waals surface area (Å²) in [7, 11) is 0. The van der Waals surface area contributed by atoms with Crippen LogP contribution in [0.2, 0.25) is 0 Å². The second kappa shape index (κ2) is 8.08. The Morgan fingerprint density at radius 3 is 2.69 bits per heavy atom. The van der Waals surface area contributed by atoms with Gasteiger partial charge in [-0.25, -0.2) is 0 Å². The highest BCUT2D eigenvalue weighted by atomic mass is 16.5. The van der Waals surface area contributed by atoms with Crippen LogP contribution < -0.4 is 5.32 Å². The lowest BCUT2D eigenvalue weighted by Crippen LogP contribution is -2.45. The number of ether oxygens (including phenoxy) is 1. The van der Waals surface area contributed by atoms with E-state index >= 15 is 0 Å². The summed E-state index contributed by atoms with van der Waals surface area (Å²) in [5.74, 6) is 0.905. The third-order valence-corrected chi connectivity index (χ3v) is 3.64. The lowest BCUT2D eigenvalue weighted by atomic mass is 9.81. The first-order chi connectivity index (χ1) is 7.77. The molecular weight excluding hydrogens is 198 g/mol. The zero-order valence-corrected chi connectivity index (χ0v) is 11.3. The van der Waals surface area contributed by atoms with Crippen LogP contribution in [0.3, 0.4) is 0 Å².